The summed E-state index contributed by atoms with van der Waals surface area (Å²) in [7, 11) is -4.94. The Morgan fingerprint density at radius 1 is 0.875 bits per heavy atom. The molecule has 0 bridgehead atoms. The standard InChI is InChI=1S/Bi.ClHO4.H2O.O/c;2-1(3,4)5;;/h;(H,2,3,4,5);1H2;/q+3;;;-2/p-1. The molecule has 0 atom stereocenters. The molecule has 0 aliphatic rings. The average molecular weight is 342 g/mol. The Morgan fingerprint density at radius 3 is 0.875 bits per heavy atom. The third-order valence-electron chi connectivity index (χ3n) is 0. The van der Waals surface area contributed by atoms with Crippen molar-refractivity contribution in [1.82, 2.24) is 0 Å². The zero-order chi connectivity index (χ0) is 4.50. The first-order chi connectivity index (χ1) is 2.00. The molecular weight excluding hydrogens is 340 g/mol. The zero-order valence-corrected chi connectivity index (χ0v) is 7.60. The van der Waals surface area contributed by atoms with Crippen molar-refractivity contribution in [3.8, 4) is 0 Å². The van der Waals surface area contributed by atoms with E-state index in [-0.39, 0.29) is 37.2 Å². The van der Waals surface area contributed by atoms with Crippen LogP contribution in [0.15, 0.2) is 0 Å². The molecular formula is H2BiClO6. The first-order valence-corrected chi connectivity index (χ1v) is 1.85. The number of hydrogen-bond acceptors (Lipinski definition) is 4. The fraction of sp³-hybridized carbons (Fsp3) is 0. The van der Waals surface area contributed by atoms with E-state index < -0.39 is 10.2 Å². The third-order valence-corrected chi connectivity index (χ3v) is 0. The summed E-state index contributed by atoms with van der Waals surface area (Å²) >= 11 is 0. The van der Waals surface area contributed by atoms with Crippen LogP contribution in [0.5, 0.6) is 0 Å². The van der Waals surface area contributed by atoms with Crippen LogP contribution < -0.4 is 18.6 Å². The maximum atomic E-state index is 8.49. The summed E-state index contributed by atoms with van der Waals surface area (Å²) in [6, 6.07) is 0. The predicted molar refractivity (Wildman–Crippen MR) is 10.1 cm³/mol. The normalized spacial score (nSPS) is 7.50. The third kappa shape index (κ3) is 280. The van der Waals surface area contributed by atoms with Crippen LogP contribution in [0.4, 0.5) is 0 Å². The fourth-order valence-electron chi connectivity index (χ4n) is 0. The largest absolute Gasteiger partial charge is 3.00 e. The van der Waals surface area contributed by atoms with E-state index in [4.69, 9.17) is 18.6 Å². The van der Waals surface area contributed by atoms with Crippen molar-refractivity contribution < 1.29 is 39.8 Å². The topological polar surface area (TPSA) is 152 Å². The maximum Gasteiger partial charge on any atom is 3.00 e. The second-order valence-corrected chi connectivity index (χ2v) is 1.13. The van der Waals surface area contributed by atoms with Gasteiger partial charge in [-0.25, -0.2) is 18.6 Å². The van der Waals surface area contributed by atoms with Crippen molar-refractivity contribution in [1.29, 1.82) is 0 Å². The van der Waals surface area contributed by atoms with Gasteiger partial charge in [0.1, 0.15) is 0 Å². The van der Waals surface area contributed by atoms with Gasteiger partial charge in [-0.05, 0) is 0 Å². The van der Waals surface area contributed by atoms with Crippen LogP contribution in [0.1, 0.15) is 0 Å². The first-order valence-electron chi connectivity index (χ1n) is 0.617. The van der Waals surface area contributed by atoms with Gasteiger partial charge in [0.05, 0.1) is 0 Å². The van der Waals surface area contributed by atoms with Crippen LogP contribution >= 0.6 is 0 Å². The molecule has 0 amide bonds. The zero-order valence-electron chi connectivity index (χ0n) is 3.37. The minimum atomic E-state index is -4.94. The molecule has 2 N–H and O–H groups in total. The summed E-state index contributed by atoms with van der Waals surface area (Å²) in [4.78, 5) is 0. The van der Waals surface area contributed by atoms with E-state index in [0.717, 1.165) is 0 Å². The van der Waals surface area contributed by atoms with E-state index in [1.54, 1.807) is 0 Å². The first kappa shape index (κ1) is 23.1. The molecule has 0 saturated heterocycles. The van der Waals surface area contributed by atoms with E-state index >= 15 is 0 Å². The molecule has 8 heteroatoms. The van der Waals surface area contributed by atoms with Crippen LogP contribution in [0.3, 0.4) is 0 Å². The van der Waals surface area contributed by atoms with Gasteiger partial charge in [0, 0.05) is 0 Å². The summed E-state index contributed by atoms with van der Waals surface area (Å²) in [5.74, 6) is 0. The Hall–Kier alpha value is 0.933. The minimum absolute atomic E-state index is 0. The molecule has 6 nitrogen and oxygen atoms in total. The van der Waals surface area contributed by atoms with Crippen LogP contribution in [0.25, 0.3) is 0 Å². The van der Waals surface area contributed by atoms with E-state index in [2.05, 4.69) is 0 Å². The predicted octanol–water partition coefficient (Wildman–Crippen LogP) is -6.08. The van der Waals surface area contributed by atoms with Gasteiger partial charge >= 0.3 is 26.2 Å². The molecule has 0 rings (SSSR count). The summed E-state index contributed by atoms with van der Waals surface area (Å²) in [5, 5.41) is 0. The summed E-state index contributed by atoms with van der Waals surface area (Å²) in [5.41, 5.74) is 0. The summed E-state index contributed by atoms with van der Waals surface area (Å²) < 4.78 is 34.0. The molecule has 0 aromatic rings. The Morgan fingerprint density at radius 2 is 0.875 bits per heavy atom. The molecule has 0 heterocycles. The molecule has 50 valence electrons. The molecule has 0 spiro atoms. The smallest absolute Gasteiger partial charge is 2.00 e. The quantitative estimate of drug-likeness (QED) is 0.402. The average Bonchev–Trinajstić information content (AvgIpc) is 0.722. The van der Waals surface area contributed by atoms with E-state index in [0.29, 0.717) is 0 Å². The molecule has 0 saturated carbocycles. The maximum absolute atomic E-state index is 8.49. The summed E-state index contributed by atoms with van der Waals surface area (Å²) in [6.45, 7) is 0. The van der Waals surface area contributed by atoms with Crippen molar-refractivity contribution in [3.63, 3.8) is 0 Å². The molecule has 0 aromatic carbocycles. The SMILES string of the molecule is O.[Bi+3].[O-2].[O-][Cl+3]([O-])([O-])[O-]. The monoisotopic (exact) mass is 342 g/mol. The molecule has 0 fully saturated rings. The van der Waals surface area contributed by atoms with Gasteiger partial charge in [0.25, 0.3) is 0 Å². The molecule has 8 heavy (non-hydrogen) atoms. The van der Waals surface area contributed by atoms with Crippen molar-refractivity contribution in [2.45, 2.75) is 0 Å². The molecule has 0 aromatic heterocycles. The van der Waals surface area contributed by atoms with Gasteiger partial charge in [-0.3, -0.25) is 0 Å². The number of hydrogen-bond donors (Lipinski definition) is 0. The molecule has 0 aliphatic carbocycles. The van der Waals surface area contributed by atoms with Crippen molar-refractivity contribution in [2.75, 3.05) is 0 Å². The second-order valence-electron chi connectivity index (χ2n) is 0.378. The second kappa shape index (κ2) is 7.93. The van der Waals surface area contributed by atoms with E-state index in [9.17, 15) is 0 Å². The fourth-order valence-corrected chi connectivity index (χ4v) is 0. The van der Waals surface area contributed by atoms with Crippen molar-refractivity contribution in [3.05, 3.63) is 0 Å². The van der Waals surface area contributed by atoms with Gasteiger partial charge in [0.15, 0.2) is 0 Å². The summed E-state index contributed by atoms with van der Waals surface area (Å²) in [6.07, 6.45) is 0. The Labute approximate surface area is 66.2 Å². The van der Waals surface area contributed by atoms with Crippen LogP contribution in [-0.2, 0) is 5.48 Å². The van der Waals surface area contributed by atoms with Crippen LogP contribution in [0.2, 0.25) is 0 Å². The van der Waals surface area contributed by atoms with E-state index in [1.165, 1.54) is 0 Å². The Balaban J connectivity index is -0.0000000267. The van der Waals surface area contributed by atoms with Crippen LogP contribution in [-0.4, -0.2) is 31.7 Å². The van der Waals surface area contributed by atoms with Gasteiger partial charge in [-0.2, -0.15) is 0 Å². The van der Waals surface area contributed by atoms with E-state index in [1.807, 2.05) is 0 Å². The number of halogens is 1. The van der Waals surface area contributed by atoms with Gasteiger partial charge in [-0.15, -0.1) is 10.2 Å². The van der Waals surface area contributed by atoms with Crippen molar-refractivity contribution >= 4 is 26.2 Å². The Kier molecular flexibility index (Phi) is 22.9. The van der Waals surface area contributed by atoms with Gasteiger partial charge < -0.3 is 11.0 Å². The minimum Gasteiger partial charge on any atom is -2.00 e. The van der Waals surface area contributed by atoms with Crippen LogP contribution in [0, 0.1) is 10.2 Å². The number of rotatable bonds is 0. The van der Waals surface area contributed by atoms with Gasteiger partial charge in [0.2, 0.25) is 0 Å². The van der Waals surface area contributed by atoms with Gasteiger partial charge in [-0.1, -0.05) is 0 Å². The van der Waals surface area contributed by atoms with Crippen molar-refractivity contribution in [2.24, 2.45) is 0 Å². The molecule has 0 aliphatic heterocycles. The Bertz CT molecular complexity index is 24.0. The molecule has 0 unspecified atom stereocenters. The molecule has 2 radical (unpaired) electrons.